The molecule has 0 aromatic rings. The van der Waals surface area contributed by atoms with Crippen molar-refractivity contribution in [1.82, 2.24) is 5.32 Å². The lowest BCUT2D eigenvalue weighted by Crippen LogP contribution is -2.33. The summed E-state index contributed by atoms with van der Waals surface area (Å²) in [5, 5.41) is 13.7. The van der Waals surface area contributed by atoms with Gasteiger partial charge < -0.3 is 19.3 Å². The van der Waals surface area contributed by atoms with Crippen LogP contribution in [0.15, 0.2) is 12.2 Å². The lowest BCUT2D eigenvalue weighted by atomic mass is 10.0. The molecule has 0 heterocycles. The summed E-state index contributed by atoms with van der Waals surface area (Å²) in [6.45, 7) is 7.02. The van der Waals surface area contributed by atoms with Crippen molar-refractivity contribution in [1.29, 1.82) is 0 Å². The molecule has 2 N–H and O–H groups in total. The number of unbranched alkanes of at least 4 members (excludes halogenated alkanes) is 7. The average molecular weight is 430 g/mol. The van der Waals surface area contributed by atoms with E-state index in [4.69, 9.17) is 9.47 Å². The Bertz CT molecular complexity index is 414. The Morgan fingerprint density at radius 1 is 0.967 bits per heavy atom. The Balaban J connectivity index is 3.94. The maximum absolute atomic E-state index is 11.0. The van der Waals surface area contributed by atoms with Crippen LogP contribution in [0.4, 0.5) is 0 Å². The zero-order valence-corrected chi connectivity index (χ0v) is 19.9. The second kappa shape index (κ2) is 21.3. The summed E-state index contributed by atoms with van der Waals surface area (Å²) in [4.78, 5) is 11.0. The van der Waals surface area contributed by atoms with Crippen molar-refractivity contribution < 1.29 is 24.1 Å². The van der Waals surface area contributed by atoms with Crippen molar-refractivity contribution in [2.45, 2.75) is 116 Å². The van der Waals surface area contributed by atoms with Gasteiger partial charge in [0.25, 0.3) is 0 Å². The zero-order valence-electron chi connectivity index (χ0n) is 19.9. The molecule has 0 aliphatic heterocycles. The third kappa shape index (κ3) is 19.0. The third-order valence-electron chi connectivity index (χ3n) is 4.96. The molecule has 30 heavy (non-hydrogen) atoms. The molecule has 0 aliphatic carbocycles. The molecule has 0 fully saturated rings. The van der Waals surface area contributed by atoms with E-state index in [-0.39, 0.29) is 18.2 Å². The van der Waals surface area contributed by atoms with E-state index in [1.54, 1.807) is 0 Å². The highest BCUT2D eigenvalue weighted by Crippen LogP contribution is 2.14. The van der Waals surface area contributed by atoms with Crippen LogP contribution in [-0.2, 0) is 19.0 Å². The average Bonchev–Trinajstić information content (AvgIpc) is 2.72. The van der Waals surface area contributed by atoms with Crippen molar-refractivity contribution in [3.05, 3.63) is 12.2 Å². The zero-order chi connectivity index (χ0) is 22.5. The van der Waals surface area contributed by atoms with E-state index in [0.29, 0.717) is 26.3 Å². The first-order valence-electron chi connectivity index (χ1n) is 11.8. The summed E-state index contributed by atoms with van der Waals surface area (Å²) < 4.78 is 16.0. The fraction of sp³-hybridized carbons (Fsp3) is 0.875. The van der Waals surface area contributed by atoms with Crippen LogP contribution in [0.25, 0.3) is 0 Å². The first kappa shape index (κ1) is 29.1. The molecule has 0 saturated heterocycles. The Morgan fingerprint density at radius 3 is 2.37 bits per heavy atom. The lowest BCUT2D eigenvalue weighted by molar-refractivity contribution is -0.140. The van der Waals surface area contributed by atoms with Gasteiger partial charge in [-0.1, -0.05) is 57.6 Å². The van der Waals surface area contributed by atoms with E-state index in [1.807, 2.05) is 13.8 Å². The molecule has 0 radical (unpaired) electrons. The van der Waals surface area contributed by atoms with Crippen molar-refractivity contribution in [3.8, 4) is 0 Å². The number of hydrogen-bond acceptors (Lipinski definition) is 6. The summed E-state index contributed by atoms with van der Waals surface area (Å²) in [6.07, 6.45) is 15.7. The molecule has 0 saturated carbocycles. The minimum Gasteiger partial charge on any atom is -0.469 e. The van der Waals surface area contributed by atoms with Gasteiger partial charge in [-0.05, 0) is 46.0 Å². The lowest BCUT2D eigenvalue weighted by Gasteiger charge is -2.23. The van der Waals surface area contributed by atoms with E-state index < -0.39 is 6.10 Å². The second-order valence-corrected chi connectivity index (χ2v) is 8.11. The molecule has 0 spiro atoms. The first-order chi connectivity index (χ1) is 14.5. The van der Waals surface area contributed by atoms with Gasteiger partial charge >= 0.3 is 5.97 Å². The van der Waals surface area contributed by atoms with Crippen LogP contribution in [0.5, 0.6) is 0 Å². The molecule has 0 aromatic carbocycles. The van der Waals surface area contributed by atoms with Gasteiger partial charge in [-0.25, -0.2) is 0 Å². The Hall–Kier alpha value is -0.950. The summed E-state index contributed by atoms with van der Waals surface area (Å²) in [5.74, 6) is -0.117. The van der Waals surface area contributed by atoms with Crippen molar-refractivity contribution in [3.63, 3.8) is 0 Å². The van der Waals surface area contributed by atoms with E-state index >= 15 is 0 Å². The van der Waals surface area contributed by atoms with E-state index in [1.165, 1.54) is 13.5 Å². The maximum atomic E-state index is 11.0. The number of ether oxygens (including phenoxy) is 3. The molecule has 6 heteroatoms. The van der Waals surface area contributed by atoms with E-state index in [0.717, 1.165) is 57.8 Å². The van der Waals surface area contributed by atoms with Crippen molar-refractivity contribution in [2.24, 2.45) is 0 Å². The van der Waals surface area contributed by atoms with Crippen molar-refractivity contribution in [2.75, 3.05) is 20.6 Å². The number of rotatable bonds is 21. The fourth-order valence-electron chi connectivity index (χ4n) is 3.08. The van der Waals surface area contributed by atoms with Crippen LogP contribution < -0.4 is 5.32 Å². The van der Waals surface area contributed by atoms with Gasteiger partial charge in [0, 0.05) is 6.42 Å². The third-order valence-corrected chi connectivity index (χ3v) is 4.96. The monoisotopic (exact) mass is 429 g/mol. The standard InChI is InChI=1S/C24H47NO5/c1-5-6-13-17-23(30-20-25-19-29-21(2)3)22(26)16-14-11-9-7-8-10-12-15-18-24(27)28-4/h11,14,21-23,25-26H,5-10,12-13,15-20H2,1-4H3/b14-11-. The number of carbonyl (C=O) groups excluding carboxylic acids is 1. The number of nitrogens with one attached hydrogen (secondary N) is 1. The predicted octanol–water partition coefficient (Wildman–Crippen LogP) is 5.09. The highest BCUT2D eigenvalue weighted by atomic mass is 16.5. The van der Waals surface area contributed by atoms with Crippen LogP contribution in [0, 0.1) is 0 Å². The van der Waals surface area contributed by atoms with Crippen LogP contribution in [-0.4, -0.2) is 50.0 Å². The van der Waals surface area contributed by atoms with Gasteiger partial charge in [0.15, 0.2) is 0 Å². The Labute approximate surface area is 184 Å². The van der Waals surface area contributed by atoms with Crippen molar-refractivity contribution >= 4 is 5.97 Å². The number of methoxy groups -OCH3 is 1. The van der Waals surface area contributed by atoms with E-state index in [2.05, 4.69) is 29.1 Å². The van der Waals surface area contributed by atoms with Gasteiger partial charge in [0.1, 0.15) is 0 Å². The highest BCUT2D eigenvalue weighted by molar-refractivity contribution is 5.68. The molecule has 0 rings (SSSR count). The summed E-state index contributed by atoms with van der Waals surface area (Å²) in [7, 11) is 1.44. The molecule has 2 unspecified atom stereocenters. The molecular weight excluding hydrogens is 382 g/mol. The minimum absolute atomic E-state index is 0.117. The highest BCUT2D eigenvalue weighted by Gasteiger charge is 2.18. The van der Waals surface area contributed by atoms with Gasteiger partial charge in [-0.2, -0.15) is 0 Å². The van der Waals surface area contributed by atoms with Gasteiger partial charge in [0.2, 0.25) is 0 Å². The Kier molecular flexibility index (Phi) is 20.6. The number of esters is 1. The SMILES string of the molecule is CCCCCC(OCNCOC(C)C)C(O)C/C=C\CCCCCCCC(=O)OC. The van der Waals surface area contributed by atoms with Gasteiger partial charge in [-0.15, -0.1) is 0 Å². The van der Waals surface area contributed by atoms with Crippen LogP contribution in [0.1, 0.15) is 97.8 Å². The molecule has 178 valence electrons. The second-order valence-electron chi connectivity index (χ2n) is 8.11. The van der Waals surface area contributed by atoms with Crippen LogP contribution in [0.2, 0.25) is 0 Å². The largest absolute Gasteiger partial charge is 0.469 e. The molecule has 0 aliphatic rings. The molecule has 0 aromatic heterocycles. The number of carbonyl (C=O) groups is 1. The number of aliphatic hydroxyl groups excluding tert-OH is 1. The summed E-state index contributed by atoms with van der Waals surface area (Å²) >= 11 is 0. The first-order valence-corrected chi connectivity index (χ1v) is 11.8. The summed E-state index contributed by atoms with van der Waals surface area (Å²) in [6, 6.07) is 0. The maximum Gasteiger partial charge on any atom is 0.305 e. The number of allylic oxidation sites excluding steroid dienone is 1. The predicted molar refractivity (Wildman–Crippen MR) is 122 cm³/mol. The molecule has 2 atom stereocenters. The number of hydrogen-bond donors (Lipinski definition) is 2. The number of aliphatic hydroxyl groups is 1. The normalized spacial score (nSPS) is 13.8. The smallest absolute Gasteiger partial charge is 0.305 e. The van der Waals surface area contributed by atoms with Gasteiger partial charge in [-0.3, -0.25) is 10.1 Å². The molecular formula is C24H47NO5. The molecule has 0 amide bonds. The van der Waals surface area contributed by atoms with Crippen LogP contribution in [0.3, 0.4) is 0 Å². The topological polar surface area (TPSA) is 77.0 Å². The van der Waals surface area contributed by atoms with E-state index in [9.17, 15) is 9.90 Å². The fourth-order valence-corrected chi connectivity index (χ4v) is 3.08. The summed E-state index contributed by atoms with van der Waals surface area (Å²) in [5.41, 5.74) is 0. The van der Waals surface area contributed by atoms with Crippen LogP contribution >= 0.6 is 0 Å². The molecule has 0 bridgehead atoms. The molecule has 6 nitrogen and oxygen atoms in total. The quantitative estimate of drug-likeness (QED) is 0.114. The Morgan fingerprint density at radius 2 is 1.67 bits per heavy atom. The minimum atomic E-state index is -0.482. The van der Waals surface area contributed by atoms with Gasteiger partial charge in [0.05, 0.1) is 38.9 Å².